The van der Waals surface area contributed by atoms with Gasteiger partial charge in [0.1, 0.15) is 12.0 Å². The zero-order valence-electron chi connectivity index (χ0n) is 17.6. The Bertz CT molecular complexity index is 826. The van der Waals surface area contributed by atoms with E-state index in [4.69, 9.17) is 14.2 Å². The molecule has 0 aliphatic carbocycles. The second-order valence-electron chi connectivity index (χ2n) is 7.67. The summed E-state index contributed by atoms with van der Waals surface area (Å²) in [5.41, 5.74) is 0.989. The number of likely N-dealkylation sites (tertiary alicyclic amines) is 1. The van der Waals surface area contributed by atoms with Crippen LogP contribution in [0.2, 0.25) is 0 Å². The molecule has 0 bridgehead atoms. The first-order chi connectivity index (χ1) is 14.5. The summed E-state index contributed by atoms with van der Waals surface area (Å²) in [6, 6.07) is 19.3. The van der Waals surface area contributed by atoms with Gasteiger partial charge in [0.2, 0.25) is 0 Å². The Morgan fingerprint density at radius 2 is 1.57 bits per heavy atom. The maximum absolute atomic E-state index is 12.8. The summed E-state index contributed by atoms with van der Waals surface area (Å²) in [5.74, 6) is -0.358. The third-order valence-corrected chi connectivity index (χ3v) is 5.39. The molecule has 6 heteroatoms. The molecule has 1 heterocycles. The summed E-state index contributed by atoms with van der Waals surface area (Å²) >= 11 is 0. The van der Waals surface area contributed by atoms with Crippen LogP contribution in [0.1, 0.15) is 31.4 Å². The average Bonchev–Trinajstić information content (AvgIpc) is 2.78. The van der Waals surface area contributed by atoms with E-state index in [2.05, 4.69) is 0 Å². The fraction of sp³-hybridized carbons (Fsp3) is 0.417. The molecule has 0 radical (unpaired) electrons. The lowest BCUT2D eigenvalue weighted by molar-refractivity contribution is -0.172. The third-order valence-electron chi connectivity index (χ3n) is 5.39. The number of nitrogens with zero attached hydrogens (tertiary/aromatic N) is 1. The van der Waals surface area contributed by atoms with Crippen molar-refractivity contribution < 1.29 is 23.8 Å². The van der Waals surface area contributed by atoms with Gasteiger partial charge in [0.15, 0.2) is 0 Å². The van der Waals surface area contributed by atoms with Crippen molar-refractivity contribution in [3.63, 3.8) is 0 Å². The van der Waals surface area contributed by atoms with E-state index in [0.29, 0.717) is 19.6 Å². The standard InChI is InChI=1S/C24H29NO5/c1-3-28-22(26)24(2)18-25(23(27)30-17-20-12-8-5-9-13-20)15-14-21(24)29-16-19-10-6-4-7-11-19/h4-13,21H,3,14-18H2,1-2H3. The molecule has 0 saturated carbocycles. The van der Waals surface area contributed by atoms with Crippen LogP contribution in [0.3, 0.4) is 0 Å². The number of rotatable bonds is 7. The van der Waals surface area contributed by atoms with Crippen LogP contribution in [0, 0.1) is 5.41 Å². The zero-order valence-corrected chi connectivity index (χ0v) is 17.6. The summed E-state index contributed by atoms with van der Waals surface area (Å²) in [6.45, 7) is 5.10. The van der Waals surface area contributed by atoms with Gasteiger partial charge >= 0.3 is 12.1 Å². The minimum atomic E-state index is -0.963. The molecular weight excluding hydrogens is 382 g/mol. The monoisotopic (exact) mass is 411 g/mol. The summed E-state index contributed by atoms with van der Waals surface area (Å²) in [4.78, 5) is 27.0. The van der Waals surface area contributed by atoms with Crippen molar-refractivity contribution in [2.75, 3.05) is 19.7 Å². The first kappa shape index (κ1) is 21.8. The van der Waals surface area contributed by atoms with Gasteiger partial charge in [0, 0.05) is 13.1 Å². The molecule has 6 nitrogen and oxygen atoms in total. The van der Waals surface area contributed by atoms with E-state index in [1.807, 2.05) is 60.7 Å². The molecule has 160 valence electrons. The Kier molecular flexibility index (Phi) is 7.46. The fourth-order valence-corrected chi connectivity index (χ4v) is 3.67. The van der Waals surface area contributed by atoms with Crippen LogP contribution in [-0.4, -0.2) is 42.8 Å². The first-order valence-corrected chi connectivity index (χ1v) is 10.3. The Morgan fingerprint density at radius 3 is 2.17 bits per heavy atom. The van der Waals surface area contributed by atoms with Gasteiger partial charge in [-0.15, -0.1) is 0 Å². The molecule has 1 fully saturated rings. The van der Waals surface area contributed by atoms with E-state index in [0.717, 1.165) is 11.1 Å². The van der Waals surface area contributed by atoms with Gasteiger partial charge in [0.05, 0.1) is 19.3 Å². The molecule has 3 rings (SSSR count). The number of piperidine rings is 1. The molecule has 1 aliphatic heterocycles. The summed E-state index contributed by atoms with van der Waals surface area (Å²) in [5, 5.41) is 0. The molecule has 2 aromatic carbocycles. The van der Waals surface area contributed by atoms with Crippen LogP contribution in [-0.2, 0) is 32.2 Å². The highest BCUT2D eigenvalue weighted by Crippen LogP contribution is 2.34. The van der Waals surface area contributed by atoms with Crippen molar-refractivity contribution in [1.29, 1.82) is 0 Å². The number of esters is 1. The van der Waals surface area contributed by atoms with Crippen molar-refractivity contribution >= 4 is 12.1 Å². The fourth-order valence-electron chi connectivity index (χ4n) is 3.67. The SMILES string of the molecule is CCOC(=O)C1(C)CN(C(=O)OCc2ccccc2)CCC1OCc1ccccc1. The molecule has 1 aliphatic rings. The minimum Gasteiger partial charge on any atom is -0.465 e. The van der Waals surface area contributed by atoms with Crippen LogP contribution in [0.25, 0.3) is 0 Å². The number of amides is 1. The average molecular weight is 411 g/mol. The van der Waals surface area contributed by atoms with Crippen molar-refractivity contribution in [3.05, 3.63) is 71.8 Å². The highest BCUT2D eigenvalue weighted by atomic mass is 16.6. The van der Waals surface area contributed by atoms with Gasteiger partial charge < -0.3 is 19.1 Å². The quantitative estimate of drug-likeness (QED) is 0.640. The molecule has 0 aromatic heterocycles. The van der Waals surface area contributed by atoms with Gasteiger partial charge in [0.25, 0.3) is 0 Å². The van der Waals surface area contributed by atoms with Crippen molar-refractivity contribution in [2.45, 2.75) is 39.6 Å². The van der Waals surface area contributed by atoms with Crippen LogP contribution in [0.5, 0.6) is 0 Å². The van der Waals surface area contributed by atoms with E-state index in [1.54, 1.807) is 18.7 Å². The van der Waals surface area contributed by atoms with Crippen molar-refractivity contribution in [1.82, 2.24) is 4.90 Å². The third kappa shape index (κ3) is 5.39. The lowest BCUT2D eigenvalue weighted by Crippen LogP contribution is -2.57. The molecule has 2 unspecified atom stereocenters. The maximum Gasteiger partial charge on any atom is 0.410 e. The molecule has 0 spiro atoms. The highest BCUT2D eigenvalue weighted by Gasteiger charge is 2.49. The highest BCUT2D eigenvalue weighted by molar-refractivity contribution is 5.79. The smallest absolute Gasteiger partial charge is 0.410 e. The summed E-state index contributed by atoms with van der Waals surface area (Å²) in [7, 11) is 0. The number of carbonyl (C=O) groups excluding carboxylic acids is 2. The van der Waals surface area contributed by atoms with Crippen LogP contribution < -0.4 is 0 Å². The van der Waals surface area contributed by atoms with Gasteiger partial charge in [-0.05, 0) is 31.4 Å². The predicted octanol–water partition coefficient (Wildman–Crippen LogP) is 4.18. The molecular formula is C24H29NO5. The van der Waals surface area contributed by atoms with E-state index in [-0.39, 0.29) is 31.8 Å². The maximum atomic E-state index is 12.8. The number of hydrogen-bond donors (Lipinski definition) is 0. The Balaban J connectivity index is 1.65. The van der Waals surface area contributed by atoms with E-state index in [1.165, 1.54) is 0 Å². The Morgan fingerprint density at radius 1 is 0.967 bits per heavy atom. The van der Waals surface area contributed by atoms with E-state index in [9.17, 15) is 9.59 Å². The molecule has 2 aromatic rings. The Hall–Kier alpha value is -2.86. The zero-order chi connectivity index (χ0) is 21.4. The number of hydrogen-bond acceptors (Lipinski definition) is 5. The van der Waals surface area contributed by atoms with Crippen molar-refractivity contribution in [2.24, 2.45) is 5.41 Å². The molecule has 0 N–H and O–H groups in total. The van der Waals surface area contributed by atoms with E-state index < -0.39 is 11.5 Å². The van der Waals surface area contributed by atoms with Gasteiger partial charge in [-0.2, -0.15) is 0 Å². The van der Waals surface area contributed by atoms with Gasteiger partial charge in [-0.3, -0.25) is 4.79 Å². The predicted molar refractivity (Wildman–Crippen MR) is 113 cm³/mol. The lowest BCUT2D eigenvalue weighted by atomic mass is 9.79. The molecule has 1 amide bonds. The number of ether oxygens (including phenoxy) is 3. The minimum absolute atomic E-state index is 0.193. The van der Waals surface area contributed by atoms with Crippen LogP contribution in [0.15, 0.2) is 60.7 Å². The number of carbonyl (C=O) groups is 2. The van der Waals surface area contributed by atoms with E-state index >= 15 is 0 Å². The molecule has 2 atom stereocenters. The summed E-state index contributed by atoms with van der Waals surface area (Å²) in [6.07, 6.45) is -0.256. The van der Waals surface area contributed by atoms with Crippen LogP contribution in [0.4, 0.5) is 4.79 Å². The second kappa shape index (κ2) is 10.3. The molecule has 1 saturated heterocycles. The number of benzene rings is 2. The Labute approximate surface area is 177 Å². The topological polar surface area (TPSA) is 65.1 Å². The second-order valence-corrected chi connectivity index (χ2v) is 7.67. The first-order valence-electron chi connectivity index (χ1n) is 10.3. The van der Waals surface area contributed by atoms with Crippen molar-refractivity contribution in [3.8, 4) is 0 Å². The van der Waals surface area contributed by atoms with Gasteiger partial charge in [-0.1, -0.05) is 60.7 Å². The van der Waals surface area contributed by atoms with Crippen LogP contribution >= 0.6 is 0 Å². The lowest BCUT2D eigenvalue weighted by Gasteiger charge is -2.43. The van der Waals surface area contributed by atoms with Gasteiger partial charge in [-0.25, -0.2) is 4.79 Å². The summed E-state index contributed by atoms with van der Waals surface area (Å²) < 4.78 is 16.9. The largest absolute Gasteiger partial charge is 0.465 e. The normalized spacial score (nSPS) is 21.1. The molecule has 30 heavy (non-hydrogen) atoms.